The van der Waals surface area contributed by atoms with Gasteiger partial charge in [0.25, 0.3) is 0 Å². The Labute approximate surface area is 129 Å². The summed E-state index contributed by atoms with van der Waals surface area (Å²) in [5.41, 5.74) is 2.51. The molecule has 3 nitrogen and oxygen atoms in total. The molecule has 0 aliphatic heterocycles. The van der Waals surface area contributed by atoms with Crippen molar-refractivity contribution >= 4 is 17.4 Å². The van der Waals surface area contributed by atoms with E-state index in [1.165, 1.54) is 0 Å². The summed E-state index contributed by atoms with van der Waals surface area (Å²) >= 11 is 5.93. The van der Waals surface area contributed by atoms with Crippen LogP contribution in [0.3, 0.4) is 0 Å². The summed E-state index contributed by atoms with van der Waals surface area (Å²) in [5, 5.41) is 0.687. The van der Waals surface area contributed by atoms with Gasteiger partial charge in [-0.05, 0) is 42.8 Å². The molecule has 0 aromatic heterocycles. The summed E-state index contributed by atoms with van der Waals surface area (Å²) in [6.45, 7) is 2.36. The molecule has 0 N–H and O–H groups in total. The fourth-order valence-electron chi connectivity index (χ4n) is 2.02. The van der Waals surface area contributed by atoms with E-state index in [1.807, 2.05) is 24.3 Å². The normalized spacial score (nSPS) is 10.4. The van der Waals surface area contributed by atoms with Crippen LogP contribution in [0, 0.1) is 0 Å². The Morgan fingerprint density at radius 1 is 1.14 bits per heavy atom. The molecule has 0 saturated heterocycles. The van der Waals surface area contributed by atoms with E-state index in [1.54, 1.807) is 32.2 Å². The second kappa shape index (κ2) is 7.25. The molecule has 0 fully saturated rings. The van der Waals surface area contributed by atoms with Crippen LogP contribution in [0.1, 0.15) is 28.4 Å². The van der Waals surface area contributed by atoms with Crippen LogP contribution in [0.15, 0.2) is 42.5 Å². The molecule has 2 rings (SSSR count). The molecule has 0 saturated carbocycles. The van der Waals surface area contributed by atoms with Crippen molar-refractivity contribution in [3.63, 3.8) is 0 Å². The third-order valence-corrected chi connectivity index (χ3v) is 3.34. The van der Waals surface area contributed by atoms with E-state index < -0.39 is 0 Å². The van der Waals surface area contributed by atoms with Gasteiger partial charge < -0.3 is 9.47 Å². The molecule has 0 aliphatic carbocycles. The van der Waals surface area contributed by atoms with Gasteiger partial charge >= 0.3 is 0 Å². The zero-order valence-electron chi connectivity index (χ0n) is 12.1. The van der Waals surface area contributed by atoms with E-state index in [9.17, 15) is 4.79 Å². The van der Waals surface area contributed by atoms with Crippen molar-refractivity contribution in [2.75, 3.05) is 7.11 Å². The lowest BCUT2D eigenvalue weighted by molar-refractivity contribution is 0.101. The van der Waals surface area contributed by atoms with Crippen LogP contribution in [0.4, 0.5) is 0 Å². The molecule has 21 heavy (non-hydrogen) atoms. The smallest absolute Gasteiger partial charge is 0.159 e. The number of ketones is 1. The predicted octanol–water partition coefficient (Wildman–Crippen LogP) is 4.27. The number of carbonyl (C=O) groups excluding carboxylic acids is 1. The zero-order valence-corrected chi connectivity index (χ0v) is 12.8. The van der Waals surface area contributed by atoms with E-state index in [4.69, 9.17) is 21.1 Å². The quantitative estimate of drug-likeness (QED) is 0.748. The van der Waals surface area contributed by atoms with Crippen LogP contribution in [0.25, 0.3) is 0 Å². The molecule has 0 amide bonds. The number of carbonyl (C=O) groups is 1. The summed E-state index contributed by atoms with van der Waals surface area (Å²) in [7, 11) is 1.60. The van der Waals surface area contributed by atoms with Gasteiger partial charge in [0.1, 0.15) is 5.75 Å². The van der Waals surface area contributed by atoms with Gasteiger partial charge in [-0.1, -0.05) is 23.7 Å². The highest BCUT2D eigenvalue weighted by molar-refractivity contribution is 6.30. The van der Waals surface area contributed by atoms with E-state index in [0.29, 0.717) is 29.5 Å². The summed E-state index contributed by atoms with van der Waals surface area (Å²) in [6, 6.07) is 12.9. The summed E-state index contributed by atoms with van der Waals surface area (Å²) in [6.07, 6.45) is 0. The monoisotopic (exact) mass is 304 g/mol. The first-order valence-electron chi connectivity index (χ1n) is 6.60. The Morgan fingerprint density at radius 2 is 1.95 bits per heavy atom. The lowest BCUT2D eigenvalue weighted by atomic mass is 10.1. The lowest BCUT2D eigenvalue weighted by Gasteiger charge is -2.11. The van der Waals surface area contributed by atoms with Gasteiger partial charge in [0.15, 0.2) is 5.78 Å². The highest BCUT2D eigenvalue weighted by Crippen LogP contribution is 2.22. The Bertz CT molecular complexity index is 638. The van der Waals surface area contributed by atoms with Crippen LogP contribution in [-0.2, 0) is 18.0 Å². The van der Waals surface area contributed by atoms with Gasteiger partial charge in [0.05, 0.1) is 20.3 Å². The molecule has 0 atom stereocenters. The second-order valence-electron chi connectivity index (χ2n) is 4.71. The van der Waals surface area contributed by atoms with Crippen molar-refractivity contribution in [2.45, 2.75) is 20.1 Å². The fourth-order valence-corrected chi connectivity index (χ4v) is 2.23. The maximum Gasteiger partial charge on any atom is 0.159 e. The van der Waals surface area contributed by atoms with Crippen molar-refractivity contribution < 1.29 is 14.3 Å². The van der Waals surface area contributed by atoms with Gasteiger partial charge in [0.2, 0.25) is 0 Å². The lowest BCUT2D eigenvalue weighted by Crippen LogP contribution is -2.00. The first kappa shape index (κ1) is 15.5. The Kier molecular flexibility index (Phi) is 5.37. The number of Topliss-reactive ketones (excluding diaryl/α,β-unsaturated/α-hetero) is 1. The summed E-state index contributed by atoms with van der Waals surface area (Å²) in [5.74, 6) is 0.736. The fraction of sp³-hybridized carbons (Fsp3) is 0.235. The first-order chi connectivity index (χ1) is 10.1. The number of hydrogen-bond acceptors (Lipinski definition) is 3. The van der Waals surface area contributed by atoms with Gasteiger partial charge in [-0.25, -0.2) is 0 Å². The van der Waals surface area contributed by atoms with Gasteiger partial charge in [-0.15, -0.1) is 0 Å². The average Bonchev–Trinajstić information content (AvgIpc) is 2.47. The topological polar surface area (TPSA) is 35.5 Å². The standard InChI is InChI=1S/C17H17ClO3/c1-12(19)14-6-7-17(20-2)15(9-14)11-21-10-13-4-3-5-16(18)8-13/h3-9H,10-11H2,1-2H3. The molecule has 4 heteroatoms. The van der Waals surface area contributed by atoms with E-state index in [-0.39, 0.29) is 5.78 Å². The molecule has 0 spiro atoms. The van der Waals surface area contributed by atoms with E-state index in [2.05, 4.69) is 0 Å². The molecular weight excluding hydrogens is 288 g/mol. The van der Waals surface area contributed by atoms with Gasteiger partial charge in [0, 0.05) is 16.1 Å². The highest BCUT2D eigenvalue weighted by Gasteiger charge is 2.07. The van der Waals surface area contributed by atoms with Crippen LogP contribution < -0.4 is 4.74 Å². The van der Waals surface area contributed by atoms with Crippen LogP contribution in [0.5, 0.6) is 5.75 Å². The van der Waals surface area contributed by atoms with Crippen LogP contribution >= 0.6 is 11.6 Å². The third kappa shape index (κ3) is 4.31. The number of hydrogen-bond donors (Lipinski definition) is 0. The minimum atomic E-state index is 0.0220. The predicted molar refractivity (Wildman–Crippen MR) is 82.9 cm³/mol. The van der Waals surface area contributed by atoms with E-state index in [0.717, 1.165) is 11.1 Å². The summed E-state index contributed by atoms with van der Waals surface area (Å²) in [4.78, 5) is 11.4. The number of halogens is 1. The minimum absolute atomic E-state index is 0.0220. The average molecular weight is 305 g/mol. The van der Waals surface area contributed by atoms with Gasteiger partial charge in [-0.3, -0.25) is 4.79 Å². The molecule has 2 aromatic carbocycles. The third-order valence-electron chi connectivity index (χ3n) is 3.10. The van der Waals surface area contributed by atoms with Crippen LogP contribution in [-0.4, -0.2) is 12.9 Å². The number of methoxy groups -OCH3 is 1. The first-order valence-corrected chi connectivity index (χ1v) is 6.98. The van der Waals surface area contributed by atoms with Crippen molar-refractivity contribution in [3.05, 3.63) is 64.2 Å². The van der Waals surface area contributed by atoms with Crippen LogP contribution in [0.2, 0.25) is 5.02 Å². The number of ether oxygens (including phenoxy) is 2. The van der Waals surface area contributed by atoms with Crippen molar-refractivity contribution in [1.82, 2.24) is 0 Å². The maximum absolute atomic E-state index is 11.4. The summed E-state index contributed by atoms with van der Waals surface area (Å²) < 4.78 is 11.0. The molecule has 0 aliphatic rings. The second-order valence-corrected chi connectivity index (χ2v) is 5.14. The molecule has 0 heterocycles. The van der Waals surface area contributed by atoms with Crippen molar-refractivity contribution in [2.24, 2.45) is 0 Å². The SMILES string of the molecule is COc1ccc(C(C)=O)cc1COCc1cccc(Cl)c1. The zero-order chi connectivity index (χ0) is 15.2. The Morgan fingerprint density at radius 3 is 2.62 bits per heavy atom. The minimum Gasteiger partial charge on any atom is -0.496 e. The Balaban J connectivity index is 2.05. The molecule has 0 bridgehead atoms. The molecule has 0 unspecified atom stereocenters. The Hall–Kier alpha value is -1.84. The van der Waals surface area contributed by atoms with Gasteiger partial charge in [-0.2, -0.15) is 0 Å². The molecule has 110 valence electrons. The highest BCUT2D eigenvalue weighted by atomic mass is 35.5. The van der Waals surface area contributed by atoms with Crippen molar-refractivity contribution in [3.8, 4) is 5.75 Å². The van der Waals surface area contributed by atoms with Crippen molar-refractivity contribution in [1.29, 1.82) is 0 Å². The van der Waals surface area contributed by atoms with E-state index >= 15 is 0 Å². The number of benzene rings is 2. The number of rotatable bonds is 6. The molecular formula is C17H17ClO3. The molecule has 0 radical (unpaired) electrons. The largest absolute Gasteiger partial charge is 0.496 e. The maximum atomic E-state index is 11.4. The molecule has 2 aromatic rings.